The van der Waals surface area contributed by atoms with Crippen LogP contribution in [0.4, 0.5) is 0 Å². The zero-order valence-corrected chi connectivity index (χ0v) is 13.2. The number of carbonyl (C=O) groups is 1. The number of nitrogens with zero attached hydrogens (tertiary/aromatic N) is 1. The van der Waals surface area contributed by atoms with Crippen LogP contribution in [0.1, 0.15) is 33.3 Å². The molecule has 1 heterocycles. The molecule has 4 heteroatoms. The second-order valence-corrected chi connectivity index (χ2v) is 6.56. The zero-order chi connectivity index (χ0) is 15.6. The highest BCUT2D eigenvalue weighted by molar-refractivity contribution is 5.81. The quantitative estimate of drug-likeness (QED) is 0.858. The minimum absolute atomic E-state index is 0.460. The van der Waals surface area contributed by atoms with Crippen molar-refractivity contribution in [1.82, 2.24) is 9.88 Å². The van der Waals surface area contributed by atoms with E-state index in [0.717, 1.165) is 17.4 Å². The fraction of sp³-hybridized carbons (Fsp3) is 0.471. The van der Waals surface area contributed by atoms with Crippen LogP contribution in [0.5, 0.6) is 0 Å². The molecule has 0 aliphatic carbocycles. The second-order valence-electron chi connectivity index (χ2n) is 6.56. The lowest BCUT2D eigenvalue weighted by Crippen LogP contribution is -2.28. The van der Waals surface area contributed by atoms with E-state index in [0.29, 0.717) is 12.6 Å². The molecule has 2 aromatic rings. The van der Waals surface area contributed by atoms with Crippen molar-refractivity contribution in [2.24, 2.45) is 5.41 Å². The summed E-state index contributed by atoms with van der Waals surface area (Å²) in [5.74, 6) is -0.776. The van der Waals surface area contributed by atoms with Crippen LogP contribution in [0.2, 0.25) is 0 Å². The summed E-state index contributed by atoms with van der Waals surface area (Å²) >= 11 is 0. The second kappa shape index (κ2) is 5.90. The predicted octanol–water partition coefficient (Wildman–Crippen LogP) is 3.25. The molecule has 2 N–H and O–H groups in total. The molecule has 114 valence electrons. The number of hydrogen-bond acceptors (Lipinski definition) is 2. The molecule has 0 radical (unpaired) electrons. The number of fused-ring (bicyclic) bond motifs is 1. The number of carboxylic acids is 1. The molecule has 0 unspecified atom stereocenters. The first kappa shape index (κ1) is 15.6. The summed E-state index contributed by atoms with van der Waals surface area (Å²) in [4.78, 5) is 11.3. The van der Waals surface area contributed by atoms with E-state index in [1.165, 1.54) is 5.56 Å². The number of aromatic nitrogens is 1. The first-order valence-corrected chi connectivity index (χ1v) is 7.34. The van der Waals surface area contributed by atoms with Gasteiger partial charge < -0.3 is 15.0 Å². The molecular weight excluding hydrogens is 264 g/mol. The van der Waals surface area contributed by atoms with E-state index < -0.39 is 11.4 Å². The Bertz CT molecular complexity index is 641. The third-order valence-electron chi connectivity index (χ3n) is 3.69. The van der Waals surface area contributed by atoms with Gasteiger partial charge >= 0.3 is 5.97 Å². The zero-order valence-electron chi connectivity index (χ0n) is 13.2. The molecule has 0 amide bonds. The van der Waals surface area contributed by atoms with Gasteiger partial charge in [0.15, 0.2) is 0 Å². The van der Waals surface area contributed by atoms with E-state index >= 15 is 0 Å². The van der Waals surface area contributed by atoms with Crippen molar-refractivity contribution in [1.29, 1.82) is 0 Å². The average molecular weight is 288 g/mol. The van der Waals surface area contributed by atoms with Gasteiger partial charge in [-0.1, -0.05) is 19.9 Å². The van der Waals surface area contributed by atoms with E-state index in [2.05, 4.69) is 37.4 Å². The molecule has 0 saturated carbocycles. The Morgan fingerprint density at radius 1 is 1.33 bits per heavy atom. The fourth-order valence-corrected chi connectivity index (χ4v) is 2.31. The van der Waals surface area contributed by atoms with Crippen LogP contribution in [0.3, 0.4) is 0 Å². The van der Waals surface area contributed by atoms with Gasteiger partial charge in [-0.15, -0.1) is 0 Å². The molecule has 0 spiro atoms. The lowest BCUT2D eigenvalue weighted by Gasteiger charge is -2.20. The summed E-state index contributed by atoms with van der Waals surface area (Å²) in [6, 6.07) is 8.84. The van der Waals surface area contributed by atoms with Crippen LogP contribution >= 0.6 is 0 Å². The van der Waals surface area contributed by atoms with Gasteiger partial charge in [0.05, 0.1) is 5.41 Å². The molecule has 0 aliphatic heterocycles. The van der Waals surface area contributed by atoms with Crippen molar-refractivity contribution >= 4 is 16.9 Å². The lowest BCUT2D eigenvalue weighted by atomic mass is 9.94. The largest absolute Gasteiger partial charge is 0.481 e. The summed E-state index contributed by atoms with van der Waals surface area (Å²) in [5, 5.41) is 13.8. The van der Waals surface area contributed by atoms with Crippen LogP contribution in [0, 0.1) is 5.41 Å². The summed E-state index contributed by atoms with van der Waals surface area (Å²) in [7, 11) is 0. The molecule has 0 fully saturated rings. The topological polar surface area (TPSA) is 54.3 Å². The van der Waals surface area contributed by atoms with Crippen LogP contribution in [0.15, 0.2) is 30.5 Å². The van der Waals surface area contributed by atoms with Gasteiger partial charge in [0.1, 0.15) is 0 Å². The van der Waals surface area contributed by atoms with Crippen molar-refractivity contribution in [2.75, 3.05) is 0 Å². The number of hydrogen-bond donors (Lipinski definition) is 2. The molecule has 0 bridgehead atoms. The van der Waals surface area contributed by atoms with E-state index in [1.54, 1.807) is 13.8 Å². The SMILES string of the molecule is CC(C)NCc1ccc2c(ccn2CC(C)(C)C(=O)O)c1. The van der Waals surface area contributed by atoms with E-state index in [-0.39, 0.29) is 0 Å². The van der Waals surface area contributed by atoms with E-state index in [9.17, 15) is 9.90 Å². The standard InChI is InChI=1S/C17H24N2O2/c1-12(2)18-10-13-5-6-15-14(9-13)7-8-19(15)11-17(3,4)16(20)21/h5-9,12,18H,10-11H2,1-4H3,(H,20,21). The Hall–Kier alpha value is -1.81. The summed E-state index contributed by atoms with van der Waals surface area (Å²) in [5.41, 5.74) is 1.55. The van der Waals surface area contributed by atoms with Crippen molar-refractivity contribution < 1.29 is 9.90 Å². The molecule has 4 nitrogen and oxygen atoms in total. The first-order chi connectivity index (χ1) is 9.79. The fourth-order valence-electron chi connectivity index (χ4n) is 2.31. The van der Waals surface area contributed by atoms with Crippen LogP contribution < -0.4 is 5.32 Å². The van der Waals surface area contributed by atoms with E-state index in [1.807, 2.05) is 16.8 Å². The van der Waals surface area contributed by atoms with Gasteiger partial charge in [-0.2, -0.15) is 0 Å². The van der Waals surface area contributed by atoms with Crippen LogP contribution in [-0.4, -0.2) is 21.7 Å². The highest BCUT2D eigenvalue weighted by atomic mass is 16.4. The maximum absolute atomic E-state index is 11.3. The molecule has 0 saturated heterocycles. The Morgan fingerprint density at radius 2 is 2.05 bits per heavy atom. The number of carboxylic acid groups (broad SMARTS) is 1. The Balaban J connectivity index is 2.23. The summed E-state index contributed by atoms with van der Waals surface area (Å²) in [6.45, 7) is 9.07. The molecule has 0 aliphatic rings. The first-order valence-electron chi connectivity index (χ1n) is 7.34. The van der Waals surface area contributed by atoms with Crippen molar-refractivity contribution in [3.05, 3.63) is 36.0 Å². The highest BCUT2D eigenvalue weighted by Gasteiger charge is 2.27. The van der Waals surface area contributed by atoms with Gasteiger partial charge in [-0.3, -0.25) is 4.79 Å². The monoisotopic (exact) mass is 288 g/mol. The molecule has 1 aromatic carbocycles. The van der Waals surface area contributed by atoms with Gasteiger partial charge in [0, 0.05) is 30.8 Å². The van der Waals surface area contributed by atoms with E-state index in [4.69, 9.17) is 0 Å². The molecule has 21 heavy (non-hydrogen) atoms. The molecule has 1 aromatic heterocycles. The highest BCUT2D eigenvalue weighted by Crippen LogP contribution is 2.24. The molecular formula is C17H24N2O2. The van der Waals surface area contributed by atoms with Crippen molar-refractivity contribution in [3.63, 3.8) is 0 Å². The predicted molar refractivity (Wildman–Crippen MR) is 85.3 cm³/mol. The lowest BCUT2D eigenvalue weighted by molar-refractivity contribution is -0.147. The Labute approximate surface area is 125 Å². The number of benzene rings is 1. The minimum Gasteiger partial charge on any atom is -0.481 e. The summed E-state index contributed by atoms with van der Waals surface area (Å²) < 4.78 is 2.02. The van der Waals surface area contributed by atoms with Crippen LogP contribution in [0.25, 0.3) is 10.9 Å². The van der Waals surface area contributed by atoms with Gasteiger partial charge in [-0.25, -0.2) is 0 Å². The third kappa shape index (κ3) is 3.64. The number of rotatable bonds is 6. The van der Waals surface area contributed by atoms with Crippen molar-refractivity contribution in [3.8, 4) is 0 Å². The normalized spacial score (nSPS) is 12.2. The van der Waals surface area contributed by atoms with Gasteiger partial charge in [0.2, 0.25) is 0 Å². The smallest absolute Gasteiger partial charge is 0.310 e. The van der Waals surface area contributed by atoms with Gasteiger partial charge in [-0.05, 0) is 43.0 Å². The Morgan fingerprint density at radius 3 is 2.67 bits per heavy atom. The third-order valence-corrected chi connectivity index (χ3v) is 3.69. The van der Waals surface area contributed by atoms with Crippen molar-refractivity contribution in [2.45, 2.75) is 46.8 Å². The van der Waals surface area contributed by atoms with Gasteiger partial charge in [0.25, 0.3) is 0 Å². The average Bonchev–Trinajstić information content (AvgIpc) is 2.78. The minimum atomic E-state index is -0.776. The molecule has 2 rings (SSSR count). The number of nitrogens with one attached hydrogen (secondary N) is 1. The Kier molecular flexibility index (Phi) is 4.37. The maximum atomic E-state index is 11.3. The molecule has 0 atom stereocenters. The summed E-state index contributed by atoms with van der Waals surface area (Å²) in [6.07, 6.45) is 1.97. The van der Waals surface area contributed by atoms with Crippen LogP contribution in [-0.2, 0) is 17.9 Å². The number of aliphatic carboxylic acids is 1. The maximum Gasteiger partial charge on any atom is 0.310 e.